The molecule has 0 aliphatic heterocycles. The van der Waals surface area contributed by atoms with Crippen LogP contribution in [0.5, 0.6) is 0 Å². The normalized spacial score (nSPS) is 16.9. The van der Waals surface area contributed by atoms with E-state index in [9.17, 15) is 8.42 Å². The molecular weight excluding hydrogens is 232 g/mol. The Bertz CT molecular complexity index is 263. The van der Waals surface area contributed by atoms with Crippen molar-refractivity contribution in [1.82, 2.24) is 10.0 Å². The van der Waals surface area contributed by atoms with Crippen molar-refractivity contribution in [3.05, 3.63) is 0 Å². The lowest BCUT2D eigenvalue weighted by Crippen LogP contribution is -2.33. The van der Waals surface area contributed by atoms with E-state index in [2.05, 4.69) is 10.0 Å². The monoisotopic (exact) mass is 252 g/mol. The van der Waals surface area contributed by atoms with E-state index in [0.29, 0.717) is 19.1 Å². The molecule has 0 atom stereocenters. The first kappa shape index (κ1) is 13.3. The summed E-state index contributed by atoms with van der Waals surface area (Å²) in [6, 6.07) is 0.580. The van der Waals surface area contributed by atoms with Crippen molar-refractivity contribution in [2.24, 2.45) is 0 Å². The first-order valence-electron chi connectivity index (χ1n) is 5.34. The second-order valence-corrected chi connectivity index (χ2v) is 6.70. The Balaban J connectivity index is 2.02. The Kier molecular flexibility index (Phi) is 5.96. The molecule has 1 saturated carbocycles. The van der Waals surface area contributed by atoms with E-state index in [4.69, 9.17) is 0 Å². The minimum Gasteiger partial charge on any atom is -0.313 e. The second kappa shape index (κ2) is 6.73. The van der Waals surface area contributed by atoms with Gasteiger partial charge >= 0.3 is 0 Å². The van der Waals surface area contributed by atoms with Crippen molar-refractivity contribution in [2.75, 3.05) is 30.9 Å². The molecule has 1 fully saturated rings. The maximum atomic E-state index is 11.4. The number of rotatable bonds is 9. The van der Waals surface area contributed by atoms with Crippen LogP contribution in [0, 0.1) is 0 Å². The maximum absolute atomic E-state index is 11.4. The summed E-state index contributed by atoms with van der Waals surface area (Å²) in [5.74, 6) is 1.20. The molecule has 90 valence electrons. The van der Waals surface area contributed by atoms with Gasteiger partial charge in [-0.25, -0.2) is 13.1 Å². The molecule has 6 heteroatoms. The lowest BCUT2D eigenvalue weighted by molar-refractivity contribution is 0.576. The quantitative estimate of drug-likeness (QED) is 0.584. The van der Waals surface area contributed by atoms with Crippen molar-refractivity contribution in [1.29, 1.82) is 0 Å². The van der Waals surface area contributed by atoms with Gasteiger partial charge in [-0.3, -0.25) is 0 Å². The number of hydrogen-bond acceptors (Lipinski definition) is 4. The Morgan fingerprint density at radius 1 is 1.33 bits per heavy atom. The Hall–Kier alpha value is 0.220. The first-order valence-corrected chi connectivity index (χ1v) is 8.38. The molecule has 0 spiro atoms. The molecule has 0 radical (unpaired) electrons. The minimum absolute atomic E-state index is 0.197. The molecule has 0 aromatic rings. The summed E-state index contributed by atoms with van der Waals surface area (Å²) in [4.78, 5) is 0. The van der Waals surface area contributed by atoms with E-state index < -0.39 is 10.0 Å². The van der Waals surface area contributed by atoms with E-state index in [0.717, 1.165) is 12.2 Å². The zero-order valence-corrected chi connectivity index (χ0v) is 10.8. The van der Waals surface area contributed by atoms with Crippen LogP contribution in [0.3, 0.4) is 0 Å². The Morgan fingerprint density at radius 3 is 2.67 bits per heavy atom. The molecule has 0 amide bonds. The van der Waals surface area contributed by atoms with Crippen molar-refractivity contribution in [3.8, 4) is 0 Å². The number of nitrogens with one attached hydrogen (secondary N) is 2. The Morgan fingerprint density at radius 2 is 2.07 bits per heavy atom. The highest BCUT2D eigenvalue weighted by atomic mass is 32.2. The van der Waals surface area contributed by atoms with Crippen LogP contribution in [0.25, 0.3) is 0 Å². The highest BCUT2D eigenvalue weighted by Gasteiger charge is 2.20. The van der Waals surface area contributed by atoms with Crippen molar-refractivity contribution < 1.29 is 8.42 Å². The van der Waals surface area contributed by atoms with Crippen molar-refractivity contribution in [2.45, 2.75) is 25.3 Å². The predicted octanol–water partition coefficient (Wildman–Crippen LogP) is 0.411. The highest BCUT2D eigenvalue weighted by Crippen LogP contribution is 2.17. The van der Waals surface area contributed by atoms with Gasteiger partial charge in [-0.15, -0.1) is 0 Å². The summed E-state index contributed by atoms with van der Waals surface area (Å²) in [5.41, 5.74) is 0. The average Bonchev–Trinajstić information content (AvgIpc) is 2.96. The van der Waals surface area contributed by atoms with Crippen LogP contribution in [-0.4, -0.2) is 45.3 Å². The van der Waals surface area contributed by atoms with Gasteiger partial charge in [0.2, 0.25) is 10.0 Å². The lowest BCUT2D eigenvalue weighted by atomic mass is 10.5. The van der Waals surface area contributed by atoms with E-state index >= 15 is 0 Å². The van der Waals surface area contributed by atoms with Gasteiger partial charge < -0.3 is 5.32 Å². The van der Waals surface area contributed by atoms with E-state index in [1.807, 2.05) is 6.26 Å². The number of sulfonamides is 1. The van der Waals surface area contributed by atoms with Gasteiger partial charge in [0.1, 0.15) is 0 Å². The Labute approximate surface area is 96.6 Å². The van der Waals surface area contributed by atoms with Gasteiger partial charge in [0, 0.05) is 19.1 Å². The molecular formula is C9H20N2O2S2. The topological polar surface area (TPSA) is 58.2 Å². The zero-order valence-electron chi connectivity index (χ0n) is 9.16. The summed E-state index contributed by atoms with van der Waals surface area (Å²) >= 11 is 1.74. The minimum atomic E-state index is -3.05. The van der Waals surface area contributed by atoms with E-state index in [-0.39, 0.29) is 5.75 Å². The summed E-state index contributed by atoms with van der Waals surface area (Å²) in [7, 11) is -3.05. The highest BCUT2D eigenvalue weighted by molar-refractivity contribution is 7.98. The van der Waals surface area contributed by atoms with Crippen LogP contribution in [0.2, 0.25) is 0 Å². The molecule has 15 heavy (non-hydrogen) atoms. The SMILES string of the molecule is CSCCCNS(=O)(=O)CCNC1CC1. The van der Waals surface area contributed by atoms with Gasteiger partial charge in [-0.1, -0.05) is 0 Å². The molecule has 2 N–H and O–H groups in total. The third kappa shape index (κ3) is 7.16. The third-order valence-electron chi connectivity index (χ3n) is 2.23. The molecule has 1 rings (SSSR count). The number of thioether (sulfide) groups is 1. The molecule has 0 saturated heterocycles. The smallest absolute Gasteiger partial charge is 0.212 e. The van der Waals surface area contributed by atoms with E-state index in [1.165, 1.54) is 12.8 Å². The first-order chi connectivity index (χ1) is 7.14. The molecule has 0 bridgehead atoms. The molecule has 1 aliphatic carbocycles. The van der Waals surface area contributed by atoms with Crippen molar-refractivity contribution in [3.63, 3.8) is 0 Å². The fraction of sp³-hybridized carbons (Fsp3) is 1.00. The van der Waals surface area contributed by atoms with Crippen LogP contribution in [0.15, 0.2) is 0 Å². The second-order valence-electron chi connectivity index (χ2n) is 3.79. The maximum Gasteiger partial charge on any atom is 0.212 e. The molecule has 0 aromatic carbocycles. The fourth-order valence-corrected chi connectivity index (χ4v) is 2.62. The molecule has 0 heterocycles. The summed E-state index contributed by atoms with van der Waals surface area (Å²) < 4.78 is 25.5. The molecule has 0 aromatic heterocycles. The van der Waals surface area contributed by atoms with Gasteiger partial charge in [0.15, 0.2) is 0 Å². The third-order valence-corrected chi connectivity index (χ3v) is 4.31. The van der Waals surface area contributed by atoms with E-state index in [1.54, 1.807) is 11.8 Å². The predicted molar refractivity (Wildman–Crippen MR) is 65.8 cm³/mol. The van der Waals surface area contributed by atoms with Crippen LogP contribution in [-0.2, 0) is 10.0 Å². The molecule has 0 unspecified atom stereocenters. The summed E-state index contributed by atoms with van der Waals surface area (Å²) in [6.07, 6.45) is 5.31. The van der Waals surface area contributed by atoms with Gasteiger partial charge in [-0.2, -0.15) is 11.8 Å². The molecule has 1 aliphatic rings. The van der Waals surface area contributed by atoms with Crippen LogP contribution >= 0.6 is 11.8 Å². The summed E-state index contributed by atoms with van der Waals surface area (Å²) in [5, 5.41) is 3.19. The van der Waals surface area contributed by atoms with Crippen LogP contribution in [0.4, 0.5) is 0 Å². The largest absolute Gasteiger partial charge is 0.313 e. The van der Waals surface area contributed by atoms with Gasteiger partial charge in [-0.05, 0) is 31.3 Å². The van der Waals surface area contributed by atoms with Gasteiger partial charge in [0.25, 0.3) is 0 Å². The van der Waals surface area contributed by atoms with Crippen molar-refractivity contribution >= 4 is 21.8 Å². The lowest BCUT2D eigenvalue weighted by Gasteiger charge is -2.06. The molecule has 4 nitrogen and oxygen atoms in total. The zero-order chi connectivity index (χ0) is 11.1. The fourth-order valence-electron chi connectivity index (χ4n) is 1.20. The summed E-state index contributed by atoms with van der Waals surface area (Å²) in [6.45, 7) is 1.13. The van der Waals surface area contributed by atoms with Crippen LogP contribution < -0.4 is 10.0 Å². The standard InChI is InChI=1S/C9H20N2O2S2/c1-14-7-2-5-11-15(12,13)8-6-10-9-3-4-9/h9-11H,2-8H2,1H3. The number of hydrogen-bond donors (Lipinski definition) is 2. The average molecular weight is 252 g/mol. The van der Waals surface area contributed by atoms with Gasteiger partial charge in [0.05, 0.1) is 5.75 Å². The van der Waals surface area contributed by atoms with Crippen LogP contribution in [0.1, 0.15) is 19.3 Å².